The van der Waals surface area contributed by atoms with Crippen molar-refractivity contribution >= 4 is 10.0 Å². The SMILES string of the molecule is Cc1ccc(S(=O)(=O)N[C@@H](c2ccccc2)C(NCCCCc2cccc(C)c2)c2ccccc2)cc1. The average Bonchev–Trinajstić information content (AvgIpc) is 2.91. The van der Waals surface area contributed by atoms with E-state index in [1.165, 1.54) is 11.1 Å². The van der Waals surface area contributed by atoms with E-state index in [1.54, 1.807) is 12.1 Å². The van der Waals surface area contributed by atoms with Gasteiger partial charge in [-0.1, -0.05) is 108 Å². The molecule has 5 heteroatoms. The molecule has 0 aliphatic heterocycles. The van der Waals surface area contributed by atoms with Gasteiger partial charge in [0.25, 0.3) is 0 Å². The molecule has 1 unspecified atom stereocenters. The summed E-state index contributed by atoms with van der Waals surface area (Å²) in [6.07, 6.45) is 3.08. The van der Waals surface area contributed by atoms with Crippen LogP contribution in [0.2, 0.25) is 0 Å². The predicted octanol–water partition coefficient (Wildman–Crippen LogP) is 6.68. The zero-order valence-electron chi connectivity index (χ0n) is 21.6. The van der Waals surface area contributed by atoms with Gasteiger partial charge in [0.15, 0.2) is 0 Å². The molecule has 4 nitrogen and oxygen atoms in total. The summed E-state index contributed by atoms with van der Waals surface area (Å²) in [5, 5.41) is 3.69. The van der Waals surface area contributed by atoms with Gasteiger partial charge in [-0.25, -0.2) is 13.1 Å². The van der Waals surface area contributed by atoms with Crippen LogP contribution in [0.15, 0.2) is 114 Å². The van der Waals surface area contributed by atoms with E-state index in [2.05, 4.69) is 53.4 Å². The Bertz CT molecular complexity index is 1360. The van der Waals surface area contributed by atoms with Crippen molar-refractivity contribution in [1.29, 1.82) is 0 Å². The lowest BCUT2D eigenvalue weighted by Gasteiger charge is -2.30. The number of benzene rings is 4. The van der Waals surface area contributed by atoms with Gasteiger partial charge < -0.3 is 5.32 Å². The van der Waals surface area contributed by atoms with Gasteiger partial charge in [-0.05, 0) is 68.5 Å². The van der Waals surface area contributed by atoms with E-state index in [9.17, 15) is 8.42 Å². The summed E-state index contributed by atoms with van der Waals surface area (Å²) < 4.78 is 30.0. The summed E-state index contributed by atoms with van der Waals surface area (Å²) in [5.74, 6) is 0. The lowest BCUT2D eigenvalue weighted by Crippen LogP contribution is -2.39. The first-order chi connectivity index (χ1) is 17.9. The van der Waals surface area contributed by atoms with Crippen LogP contribution >= 0.6 is 0 Å². The fourth-order valence-electron chi connectivity index (χ4n) is 4.61. The topological polar surface area (TPSA) is 58.2 Å². The summed E-state index contributed by atoms with van der Waals surface area (Å²) in [5.41, 5.74) is 5.62. The van der Waals surface area contributed by atoms with Gasteiger partial charge in [-0.2, -0.15) is 0 Å². The first-order valence-electron chi connectivity index (χ1n) is 12.9. The second-order valence-corrected chi connectivity index (χ2v) is 11.3. The Hall–Kier alpha value is -3.25. The van der Waals surface area contributed by atoms with E-state index >= 15 is 0 Å². The minimum Gasteiger partial charge on any atom is -0.308 e. The quantitative estimate of drug-likeness (QED) is 0.208. The van der Waals surface area contributed by atoms with E-state index in [0.717, 1.165) is 42.5 Å². The molecule has 0 saturated carbocycles. The highest BCUT2D eigenvalue weighted by Gasteiger charge is 2.29. The maximum atomic E-state index is 13.5. The third-order valence-electron chi connectivity index (χ3n) is 6.60. The van der Waals surface area contributed by atoms with Crippen molar-refractivity contribution in [2.75, 3.05) is 6.54 Å². The molecule has 0 amide bonds. The van der Waals surface area contributed by atoms with E-state index in [4.69, 9.17) is 0 Å². The second kappa shape index (κ2) is 12.8. The molecule has 2 N–H and O–H groups in total. The van der Waals surface area contributed by atoms with Gasteiger partial charge >= 0.3 is 0 Å². The van der Waals surface area contributed by atoms with E-state index in [-0.39, 0.29) is 10.9 Å². The molecule has 4 aromatic rings. The van der Waals surface area contributed by atoms with Gasteiger partial charge in [0.2, 0.25) is 10.0 Å². The third-order valence-corrected chi connectivity index (χ3v) is 8.06. The number of aryl methyl sites for hydroxylation is 3. The molecular formula is C32H36N2O2S. The van der Waals surface area contributed by atoms with Crippen LogP contribution in [0.1, 0.15) is 52.7 Å². The predicted molar refractivity (Wildman–Crippen MR) is 152 cm³/mol. The molecule has 0 bridgehead atoms. The number of sulfonamides is 1. The Balaban J connectivity index is 1.55. The monoisotopic (exact) mass is 512 g/mol. The Morgan fingerprint density at radius 3 is 1.89 bits per heavy atom. The summed E-state index contributed by atoms with van der Waals surface area (Å²) in [6, 6.07) is 34.8. The number of rotatable bonds is 12. The molecule has 2 atom stereocenters. The fourth-order valence-corrected chi connectivity index (χ4v) is 5.85. The van der Waals surface area contributed by atoms with Crippen molar-refractivity contribution in [3.8, 4) is 0 Å². The van der Waals surface area contributed by atoms with E-state index in [1.807, 2.05) is 67.6 Å². The maximum absolute atomic E-state index is 13.5. The van der Waals surface area contributed by atoms with E-state index < -0.39 is 16.1 Å². The molecule has 0 fully saturated rings. The molecule has 0 aliphatic rings. The Morgan fingerprint density at radius 2 is 1.27 bits per heavy atom. The molecule has 0 radical (unpaired) electrons. The fraction of sp³-hybridized carbons (Fsp3) is 0.250. The molecule has 0 spiro atoms. The molecule has 0 aliphatic carbocycles. The Kier molecular flexibility index (Phi) is 9.29. The van der Waals surface area contributed by atoms with Gasteiger partial charge in [-0.15, -0.1) is 0 Å². The van der Waals surface area contributed by atoms with Gasteiger partial charge in [-0.3, -0.25) is 0 Å². The molecule has 0 heterocycles. The van der Waals surface area contributed by atoms with Crippen molar-refractivity contribution in [1.82, 2.24) is 10.0 Å². The van der Waals surface area contributed by atoms with Crippen LogP contribution in [0.4, 0.5) is 0 Å². The Labute approximate surface area is 221 Å². The van der Waals surface area contributed by atoms with Crippen LogP contribution in [0.3, 0.4) is 0 Å². The average molecular weight is 513 g/mol. The summed E-state index contributed by atoms with van der Waals surface area (Å²) >= 11 is 0. The van der Waals surface area contributed by atoms with Crippen LogP contribution in [-0.4, -0.2) is 15.0 Å². The summed E-state index contributed by atoms with van der Waals surface area (Å²) in [6.45, 7) is 4.85. The summed E-state index contributed by atoms with van der Waals surface area (Å²) in [7, 11) is -3.74. The first kappa shape index (κ1) is 26.8. The van der Waals surface area contributed by atoms with Crippen molar-refractivity contribution in [3.63, 3.8) is 0 Å². The lowest BCUT2D eigenvalue weighted by atomic mass is 9.94. The molecule has 4 rings (SSSR count). The largest absolute Gasteiger partial charge is 0.308 e. The molecular weight excluding hydrogens is 476 g/mol. The second-order valence-electron chi connectivity index (χ2n) is 9.61. The number of hydrogen-bond donors (Lipinski definition) is 2. The van der Waals surface area contributed by atoms with Crippen molar-refractivity contribution in [3.05, 3.63) is 137 Å². The minimum atomic E-state index is -3.74. The van der Waals surface area contributed by atoms with Crippen LogP contribution in [0.25, 0.3) is 0 Å². The third kappa shape index (κ3) is 7.62. The standard InChI is InChI=1S/C32H36N2O2S/c1-25-19-21-30(22-20-25)37(35,36)34-32(29-17-7-4-8-18-29)31(28-15-5-3-6-16-28)33-23-10-9-13-27-14-11-12-26(2)24-27/h3-8,11-12,14-22,24,31-34H,9-10,13,23H2,1-2H3/t31?,32-/m0/s1. The van der Waals surface area contributed by atoms with Crippen LogP contribution in [-0.2, 0) is 16.4 Å². The Morgan fingerprint density at radius 1 is 0.649 bits per heavy atom. The van der Waals surface area contributed by atoms with Crippen molar-refractivity contribution in [2.24, 2.45) is 0 Å². The minimum absolute atomic E-state index is 0.234. The normalized spacial score (nSPS) is 13.2. The number of hydrogen-bond acceptors (Lipinski definition) is 3. The smallest absolute Gasteiger partial charge is 0.241 e. The van der Waals surface area contributed by atoms with Crippen molar-refractivity contribution in [2.45, 2.75) is 50.1 Å². The lowest BCUT2D eigenvalue weighted by molar-refractivity contribution is 0.417. The van der Waals surface area contributed by atoms with Gasteiger partial charge in [0.1, 0.15) is 0 Å². The molecule has 37 heavy (non-hydrogen) atoms. The molecule has 192 valence electrons. The molecule has 4 aromatic carbocycles. The van der Waals surface area contributed by atoms with Crippen LogP contribution < -0.4 is 10.0 Å². The zero-order valence-corrected chi connectivity index (χ0v) is 22.4. The number of unbranched alkanes of at least 4 members (excludes halogenated alkanes) is 1. The highest BCUT2D eigenvalue weighted by Crippen LogP contribution is 2.31. The van der Waals surface area contributed by atoms with Gasteiger partial charge in [0, 0.05) is 0 Å². The molecule has 0 saturated heterocycles. The van der Waals surface area contributed by atoms with E-state index in [0.29, 0.717) is 0 Å². The summed E-state index contributed by atoms with van der Waals surface area (Å²) in [4.78, 5) is 0.268. The molecule has 0 aromatic heterocycles. The van der Waals surface area contributed by atoms with Crippen molar-refractivity contribution < 1.29 is 8.42 Å². The zero-order chi connectivity index (χ0) is 26.1. The first-order valence-corrected chi connectivity index (χ1v) is 14.4. The van der Waals surface area contributed by atoms with Crippen LogP contribution in [0.5, 0.6) is 0 Å². The highest BCUT2D eigenvalue weighted by atomic mass is 32.2. The van der Waals surface area contributed by atoms with Crippen LogP contribution in [0, 0.1) is 13.8 Å². The van der Waals surface area contributed by atoms with Gasteiger partial charge in [0.05, 0.1) is 17.0 Å². The highest BCUT2D eigenvalue weighted by molar-refractivity contribution is 7.89. The number of nitrogens with one attached hydrogen (secondary N) is 2. The maximum Gasteiger partial charge on any atom is 0.241 e.